The summed E-state index contributed by atoms with van der Waals surface area (Å²) < 4.78 is 38.9. The van der Waals surface area contributed by atoms with Crippen molar-refractivity contribution in [2.75, 3.05) is 19.5 Å². The van der Waals surface area contributed by atoms with Crippen LogP contribution in [-0.4, -0.2) is 26.7 Å². The summed E-state index contributed by atoms with van der Waals surface area (Å²) in [6, 6.07) is 10.4. The molecule has 0 saturated heterocycles. The smallest absolute Gasteiger partial charge is 0.387 e. The number of hydrogen-bond donors (Lipinski definition) is 1. The van der Waals surface area contributed by atoms with E-state index < -0.39 is 12.5 Å². The van der Waals surface area contributed by atoms with E-state index in [1.165, 1.54) is 38.5 Å². The lowest BCUT2D eigenvalue weighted by Crippen LogP contribution is -2.12. The van der Waals surface area contributed by atoms with Gasteiger partial charge in [-0.15, -0.1) is 0 Å². The zero-order chi connectivity index (χ0) is 16.8. The van der Waals surface area contributed by atoms with Crippen molar-refractivity contribution in [1.29, 1.82) is 0 Å². The van der Waals surface area contributed by atoms with Crippen molar-refractivity contribution in [3.8, 4) is 17.2 Å². The molecule has 0 saturated carbocycles. The SMILES string of the molecule is COc1ccc(NC(=O)c2cccc(OC(F)F)c2)cc1OC. The molecule has 0 spiro atoms. The zero-order valence-electron chi connectivity index (χ0n) is 12.5. The van der Waals surface area contributed by atoms with Crippen molar-refractivity contribution in [1.82, 2.24) is 0 Å². The van der Waals surface area contributed by atoms with E-state index in [1.807, 2.05) is 0 Å². The molecule has 0 aliphatic rings. The summed E-state index contributed by atoms with van der Waals surface area (Å²) in [5.41, 5.74) is 0.672. The number of alkyl halides is 2. The van der Waals surface area contributed by atoms with Crippen molar-refractivity contribution >= 4 is 11.6 Å². The molecule has 7 heteroatoms. The molecule has 0 aromatic heterocycles. The van der Waals surface area contributed by atoms with Crippen LogP contribution in [0, 0.1) is 0 Å². The number of halogens is 2. The van der Waals surface area contributed by atoms with Gasteiger partial charge in [-0.3, -0.25) is 4.79 Å². The second kappa shape index (κ2) is 7.44. The minimum Gasteiger partial charge on any atom is -0.493 e. The molecular formula is C16H15F2NO4. The standard InChI is InChI=1S/C16H15F2NO4/c1-21-13-7-6-11(9-14(13)22-2)19-15(20)10-4-3-5-12(8-10)23-16(17)18/h3-9,16H,1-2H3,(H,19,20). The van der Waals surface area contributed by atoms with Gasteiger partial charge in [0.25, 0.3) is 5.91 Å². The molecule has 0 fully saturated rings. The number of rotatable bonds is 6. The molecule has 0 aliphatic carbocycles. The van der Waals surface area contributed by atoms with Gasteiger partial charge in [0.05, 0.1) is 14.2 Å². The third-order valence-corrected chi connectivity index (χ3v) is 2.96. The van der Waals surface area contributed by atoms with E-state index in [0.717, 1.165) is 0 Å². The van der Waals surface area contributed by atoms with E-state index in [0.29, 0.717) is 17.2 Å². The molecular weight excluding hydrogens is 308 g/mol. The van der Waals surface area contributed by atoms with E-state index in [9.17, 15) is 13.6 Å². The van der Waals surface area contributed by atoms with Crippen LogP contribution in [-0.2, 0) is 0 Å². The lowest BCUT2D eigenvalue weighted by molar-refractivity contribution is -0.0498. The number of hydrogen-bond acceptors (Lipinski definition) is 4. The quantitative estimate of drug-likeness (QED) is 0.883. The van der Waals surface area contributed by atoms with Crippen LogP contribution in [0.1, 0.15) is 10.4 Å². The fourth-order valence-corrected chi connectivity index (χ4v) is 1.93. The molecule has 5 nitrogen and oxygen atoms in total. The summed E-state index contributed by atoms with van der Waals surface area (Å²) in [6.07, 6.45) is 0. The van der Waals surface area contributed by atoms with Crippen LogP contribution in [0.25, 0.3) is 0 Å². The van der Waals surface area contributed by atoms with Gasteiger partial charge in [-0.25, -0.2) is 0 Å². The number of carbonyl (C=O) groups is 1. The molecule has 122 valence electrons. The lowest BCUT2D eigenvalue weighted by atomic mass is 10.2. The number of ether oxygens (including phenoxy) is 3. The Bertz CT molecular complexity index is 692. The van der Waals surface area contributed by atoms with E-state index in [1.54, 1.807) is 18.2 Å². The number of methoxy groups -OCH3 is 2. The molecule has 23 heavy (non-hydrogen) atoms. The van der Waals surface area contributed by atoms with E-state index in [4.69, 9.17) is 9.47 Å². The molecule has 0 atom stereocenters. The Hall–Kier alpha value is -2.83. The molecule has 0 heterocycles. The van der Waals surface area contributed by atoms with Gasteiger partial charge in [-0.05, 0) is 30.3 Å². The van der Waals surface area contributed by atoms with Crippen molar-refractivity contribution in [2.45, 2.75) is 6.61 Å². The second-order valence-corrected chi connectivity index (χ2v) is 4.43. The molecule has 2 aromatic rings. The highest BCUT2D eigenvalue weighted by molar-refractivity contribution is 6.04. The molecule has 1 amide bonds. The van der Waals surface area contributed by atoms with Gasteiger partial charge in [0, 0.05) is 17.3 Å². The third-order valence-electron chi connectivity index (χ3n) is 2.96. The first-order valence-corrected chi connectivity index (χ1v) is 6.61. The Labute approximate surface area is 131 Å². The van der Waals surface area contributed by atoms with Gasteiger partial charge in [-0.1, -0.05) is 6.07 Å². The first-order chi connectivity index (χ1) is 11.0. The van der Waals surface area contributed by atoms with Gasteiger partial charge < -0.3 is 19.5 Å². The average Bonchev–Trinajstić information content (AvgIpc) is 2.54. The topological polar surface area (TPSA) is 56.8 Å². The van der Waals surface area contributed by atoms with Crippen LogP contribution in [0.4, 0.5) is 14.5 Å². The van der Waals surface area contributed by atoms with Crippen LogP contribution in [0.15, 0.2) is 42.5 Å². The second-order valence-electron chi connectivity index (χ2n) is 4.43. The Kier molecular flexibility index (Phi) is 5.35. The van der Waals surface area contributed by atoms with E-state index in [2.05, 4.69) is 10.1 Å². The van der Waals surface area contributed by atoms with Crippen LogP contribution in [0.2, 0.25) is 0 Å². The Morgan fingerprint density at radius 1 is 1.04 bits per heavy atom. The fraction of sp³-hybridized carbons (Fsp3) is 0.188. The summed E-state index contributed by atoms with van der Waals surface area (Å²) >= 11 is 0. The third kappa shape index (κ3) is 4.32. The Morgan fingerprint density at radius 2 is 1.78 bits per heavy atom. The maximum atomic E-state index is 12.2. The molecule has 0 radical (unpaired) electrons. The summed E-state index contributed by atoms with van der Waals surface area (Å²) in [5.74, 6) is 0.440. The predicted molar refractivity (Wildman–Crippen MR) is 80.6 cm³/mol. The lowest BCUT2D eigenvalue weighted by Gasteiger charge is -2.11. The van der Waals surface area contributed by atoms with Crippen molar-refractivity contribution in [3.05, 3.63) is 48.0 Å². The largest absolute Gasteiger partial charge is 0.493 e. The van der Waals surface area contributed by atoms with E-state index in [-0.39, 0.29) is 11.3 Å². The molecule has 0 aliphatic heterocycles. The molecule has 2 aromatic carbocycles. The van der Waals surface area contributed by atoms with Gasteiger partial charge in [0.2, 0.25) is 0 Å². The highest BCUT2D eigenvalue weighted by atomic mass is 19.3. The molecule has 1 N–H and O–H groups in total. The minimum atomic E-state index is -2.95. The number of benzene rings is 2. The molecule has 0 bridgehead atoms. The van der Waals surface area contributed by atoms with Crippen molar-refractivity contribution in [2.24, 2.45) is 0 Å². The Balaban J connectivity index is 2.15. The highest BCUT2D eigenvalue weighted by Crippen LogP contribution is 2.30. The first kappa shape index (κ1) is 16.5. The summed E-state index contributed by atoms with van der Waals surface area (Å²) in [7, 11) is 2.99. The normalized spacial score (nSPS) is 10.3. The Morgan fingerprint density at radius 3 is 2.43 bits per heavy atom. The zero-order valence-corrected chi connectivity index (χ0v) is 12.5. The highest BCUT2D eigenvalue weighted by Gasteiger charge is 2.11. The van der Waals surface area contributed by atoms with Crippen molar-refractivity contribution < 1.29 is 27.8 Å². The van der Waals surface area contributed by atoms with Gasteiger partial charge in [-0.2, -0.15) is 8.78 Å². The van der Waals surface area contributed by atoms with Gasteiger partial charge >= 0.3 is 6.61 Å². The number of anilines is 1. The van der Waals surface area contributed by atoms with Crippen LogP contribution >= 0.6 is 0 Å². The predicted octanol–water partition coefficient (Wildman–Crippen LogP) is 3.56. The van der Waals surface area contributed by atoms with Crippen LogP contribution < -0.4 is 19.5 Å². The van der Waals surface area contributed by atoms with Crippen molar-refractivity contribution in [3.63, 3.8) is 0 Å². The number of amides is 1. The molecule has 2 rings (SSSR count). The van der Waals surface area contributed by atoms with E-state index >= 15 is 0 Å². The maximum absolute atomic E-state index is 12.2. The first-order valence-electron chi connectivity index (χ1n) is 6.61. The number of nitrogens with one attached hydrogen (secondary N) is 1. The van der Waals surface area contributed by atoms with Gasteiger partial charge in [0.15, 0.2) is 11.5 Å². The average molecular weight is 323 g/mol. The van der Waals surface area contributed by atoms with Crippen LogP contribution in [0.3, 0.4) is 0 Å². The van der Waals surface area contributed by atoms with Gasteiger partial charge in [0.1, 0.15) is 5.75 Å². The van der Waals surface area contributed by atoms with Crippen LogP contribution in [0.5, 0.6) is 17.2 Å². The number of carbonyl (C=O) groups excluding carboxylic acids is 1. The fourth-order valence-electron chi connectivity index (χ4n) is 1.93. The minimum absolute atomic E-state index is 0.0834. The summed E-state index contributed by atoms with van der Waals surface area (Å²) in [4.78, 5) is 12.2. The summed E-state index contributed by atoms with van der Waals surface area (Å²) in [6.45, 7) is -2.95. The summed E-state index contributed by atoms with van der Waals surface area (Å²) in [5, 5.41) is 2.65. The molecule has 0 unspecified atom stereocenters. The monoisotopic (exact) mass is 323 g/mol. The maximum Gasteiger partial charge on any atom is 0.387 e.